The van der Waals surface area contributed by atoms with Gasteiger partial charge in [0.1, 0.15) is 5.82 Å². The lowest BCUT2D eigenvalue weighted by Crippen LogP contribution is -2.15. The number of amides is 1. The molecule has 0 spiro atoms. The normalized spacial score (nSPS) is 17.0. The number of nitrogens with one attached hydrogen (secondary N) is 1. The topological polar surface area (TPSA) is 59.8 Å². The number of aryl methyl sites for hydroxylation is 1. The highest BCUT2D eigenvalue weighted by Gasteiger charge is 2.36. The zero-order valence-electron chi connectivity index (χ0n) is 13.9. The fourth-order valence-corrected chi connectivity index (χ4v) is 3.76. The van der Waals surface area contributed by atoms with Crippen molar-refractivity contribution in [2.45, 2.75) is 56.1 Å². The van der Waals surface area contributed by atoms with Gasteiger partial charge in [-0.05, 0) is 43.7 Å². The van der Waals surface area contributed by atoms with Gasteiger partial charge in [-0.2, -0.15) is 0 Å². The van der Waals surface area contributed by atoms with E-state index in [9.17, 15) is 4.79 Å². The molecule has 0 saturated heterocycles. The molecule has 24 heavy (non-hydrogen) atoms. The lowest BCUT2D eigenvalue weighted by molar-refractivity contribution is -0.113. The third-order valence-electron chi connectivity index (χ3n) is 4.55. The minimum absolute atomic E-state index is 0.0132. The van der Waals surface area contributed by atoms with E-state index in [2.05, 4.69) is 27.0 Å². The summed E-state index contributed by atoms with van der Waals surface area (Å²) >= 11 is 1.50. The predicted octanol–water partition coefficient (Wildman–Crippen LogP) is 3.78. The van der Waals surface area contributed by atoms with Gasteiger partial charge >= 0.3 is 0 Å². The molecule has 0 radical (unpaired) electrons. The second-order valence-corrected chi connectivity index (χ2v) is 7.51. The van der Waals surface area contributed by atoms with Crippen LogP contribution in [-0.4, -0.2) is 26.4 Å². The molecule has 1 heterocycles. The molecule has 0 aliphatic heterocycles. The highest BCUT2D eigenvalue weighted by atomic mass is 32.2. The second kappa shape index (κ2) is 6.59. The number of aromatic nitrogens is 3. The molecule has 1 aromatic heterocycles. The van der Waals surface area contributed by atoms with Gasteiger partial charge in [-0.15, -0.1) is 10.2 Å². The molecule has 0 bridgehead atoms. The second-order valence-electron chi connectivity index (χ2n) is 6.56. The standard InChI is InChI=1S/C18H22N4OS/c1-2-12-5-3-4-6-15(12)19-16(23)11-24-18-21-20-17(13-7-8-13)22(18)14-9-10-14/h3-6,13-14H,2,7-11H2,1H3,(H,19,23). The van der Waals surface area contributed by atoms with Crippen LogP contribution in [0.4, 0.5) is 5.69 Å². The number of thioether (sulfide) groups is 1. The molecule has 2 aliphatic carbocycles. The van der Waals surface area contributed by atoms with E-state index in [4.69, 9.17) is 0 Å². The molecule has 0 atom stereocenters. The van der Waals surface area contributed by atoms with E-state index in [1.165, 1.54) is 37.4 Å². The molecule has 5 nitrogen and oxygen atoms in total. The summed E-state index contributed by atoms with van der Waals surface area (Å²) in [7, 11) is 0. The SMILES string of the molecule is CCc1ccccc1NC(=O)CSc1nnc(C2CC2)n1C1CC1. The molecule has 6 heteroatoms. The van der Waals surface area contributed by atoms with E-state index in [1.54, 1.807) is 0 Å². The average Bonchev–Trinajstić information content (AvgIpc) is 3.52. The van der Waals surface area contributed by atoms with Crippen LogP contribution in [0.3, 0.4) is 0 Å². The summed E-state index contributed by atoms with van der Waals surface area (Å²) in [6.45, 7) is 2.09. The number of hydrogen-bond acceptors (Lipinski definition) is 4. The van der Waals surface area contributed by atoms with Crippen molar-refractivity contribution in [1.82, 2.24) is 14.8 Å². The molecular weight excluding hydrogens is 320 g/mol. The number of nitrogens with zero attached hydrogens (tertiary/aromatic N) is 3. The van der Waals surface area contributed by atoms with Crippen molar-refractivity contribution < 1.29 is 4.79 Å². The number of rotatable bonds is 7. The maximum atomic E-state index is 12.3. The number of para-hydroxylation sites is 1. The molecule has 2 aliphatic rings. The number of hydrogen-bond donors (Lipinski definition) is 1. The number of carbonyl (C=O) groups is 1. The van der Waals surface area contributed by atoms with Crippen molar-refractivity contribution in [3.8, 4) is 0 Å². The zero-order chi connectivity index (χ0) is 16.5. The van der Waals surface area contributed by atoms with Crippen LogP contribution < -0.4 is 5.32 Å². The third kappa shape index (κ3) is 3.34. The van der Waals surface area contributed by atoms with Crippen molar-refractivity contribution in [2.24, 2.45) is 0 Å². The Bertz CT molecular complexity index is 749. The fraction of sp³-hybridized carbons (Fsp3) is 0.500. The van der Waals surface area contributed by atoms with Gasteiger partial charge < -0.3 is 9.88 Å². The molecule has 2 aromatic rings. The minimum Gasteiger partial charge on any atom is -0.325 e. The van der Waals surface area contributed by atoms with E-state index in [0.29, 0.717) is 17.7 Å². The Morgan fingerprint density at radius 1 is 1.25 bits per heavy atom. The number of anilines is 1. The first kappa shape index (κ1) is 15.7. The van der Waals surface area contributed by atoms with Crippen LogP contribution in [0.1, 0.15) is 56.0 Å². The van der Waals surface area contributed by atoms with E-state index in [0.717, 1.165) is 28.7 Å². The van der Waals surface area contributed by atoms with Crippen LogP contribution >= 0.6 is 11.8 Å². The molecule has 2 saturated carbocycles. The van der Waals surface area contributed by atoms with Crippen molar-refractivity contribution in [1.29, 1.82) is 0 Å². The third-order valence-corrected chi connectivity index (χ3v) is 5.49. The van der Waals surface area contributed by atoms with Crippen LogP contribution in [0.2, 0.25) is 0 Å². The van der Waals surface area contributed by atoms with E-state index in [-0.39, 0.29) is 5.91 Å². The van der Waals surface area contributed by atoms with E-state index < -0.39 is 0 Å². The summed E-state index contributed by atoms with van der Waals surface area (Å²) in [5.41, 5.74) is 2.07. The molecule has 1 amide bonds. The fourth-order valence-electron chi connectivity index (χ4n) is 2.95. The van der Waals surface area contributed by atoms with E-state index in [1.807, 2.05) is 24.3 Å². The smallest absolute Gasteiger partial charge is 0.234 e. The first-order valence-electron chi connectivity index (χ1n) is 8.71. The van der Waals surface area contributed by atoms with Crippen LogP contribution in [0.5, 0.6) is 0 Å². The lowest BCUT2D eigenvalue weighted by atomic mass is 10.1. The Hall–Kier alpha value is -1.82. The number of benzene rings is 1. The van der Waals surface area contributed by atoms with Gasteiger partial charge in [-0.1, -0.05) is 36.9 Å². The van der Waals surface area contributed by atoms with Crippen LogP contribution in [-0.2, 0) is 11.2 Å². The Morgan fingerprint density at radius 2 is 2.04 bits per heavy atom. The quantitative estimate of drug-likeness (QED) is 0.778. The van der Waals surface area contributed by atoms with Crippen LogP contribution in [0.15, 0.2) is 29.4 Å². The average molecular weight is 342 g/mol. The molecule has 4 rings (SSSR count). The predicted molar refractivity (Wildman–Crippen MR) is 95.4 cm³/mol. The summed E-state index contributed by atoms with van der Waals surface area (Å²) in [5, 5.41) is 12.7. The van der Waals surface area contributed by atoms with Gasteiger partial charge in [0.15, 0.2) is 5.16 Å². The summed E-state index contributed by atoms with van der Waals surface area (Å²) < 4.78 is 2.29. The first-order valence-corrected chi connectivity index (χ1v) is 9.70. The van der Waals surface area contributed by atoms with Crippen molar-refractivity contribution in [3.63, 3.8) is 0 Å². The van der Waals surface area contributed by atoms with Crippen molar-refractivity contribution >= 4 is 23.4 Å². The van der Waals surface area contributed by atoms with Gasteiger partial charge in [0, 0.05) is 17.6 Å². The molecular formula is C18H22N4OS. The van der Waals surface area contributed by atoms with Gasteiger partial charge in [0.05, 0.1) is 5.75 Å². The van der Waals surface area contributed by atoms with Crippen molar-refractivity contribution in [2.75, 3.05) is 11.1 Å². The zero-order valence-corrected chi connectivity index (χ0v) is 14.7. The molecule has 1 N–H and O–H groups in total. The first-order chi connectivity index (χ1) is 11.8. The Morgan fingerprint density at radius 3 is 2.75 bits per heavy atom. The Kier molecular flexibility index (Phi) is 4.31. The Labute approximate surface area is 146 Å². The monoisotopic (exact) mass is 342 g/mol. The van der Waals surface area contributed by atoms with E-state index >= 15 is 0 Å². The van der Waals surface area contributed by atoms with Crippen LogP contribution in [0, 0.1) is 0 Å². The summed E-state index contributed by atoms with van der Waals surface area (Å²) in [4.78, 5) is 12.3. The lowest BCUT2D eigenvalue weighted by Gasteiger charge is -2.10. The summed E-state index contributed by atoms with van der Waals surface area (Å²) in [6, 6.07) is 8.52. The largest absolute Gasteiger partial charge is 0.325 e. The summed E-state index contributed by atoms with van der Waals surface area (Å²) in [6.07, 6.45) is 5.78. The maximum Gasteiger partial charge on any atom is 0.234 e. The summed E-state index contributed by atoms with van der Waals surface area (Å²) in [5.74, 6) is 2.11. The van der Waals surface area contributed by atoms with Gasteiger partial charge in [0.2, 0.25) is 5.91 Å². The molecule has 1 aromatic carbocycles. The highest BCUT2D eigenvalue weighted by molar-refractivity contribution is 7.99. The number of carbonyl (C=O) groups excluding carboxylic acids is 1. The Balaban J connectivity index is 1.41. The van der Waals surface area contributed by atoms with Gasteiger partial charge in [-0.25, -0.2) is 0 Å². The van der Waals surface area contributed by atoms with Gasteiger partial charge in [0.25, 0.3) is 0 Å². The minimum atomic E-state index is 0.0132. The molecule has 0 unspecified atom stereocenters. The van der Waals surface area contributed by atoms with Crippen LogP contribution in [0.25, 0.3) is 0 Å². The molecule has 126 valence electrons. The molecule has 2 fully saturated rings. The highest BCUT2D eigenvalue weighted by Crippen LogP contribution is 2.45. The van der Waals surface area contributed by atoms with Crippen molar-refractivity contribution in [3.05, 3.63) is 35.7 Å². The maximum absolute atomic E-state index is 12.3. The van der Waals surface area contributed by atoms with Gasteiger partial charge in [-0.3, -0.25) is 4.79 Å².